The average Bonchev–Trinajstić information content (AvgIpc) is 3.34. The van der Waals surface area contributed by atoms with E-state index in [1.807, 2.05) is 6.92 Å². The fourth-order valence-corrected chi connectivity index (χ4v) is 10.2. The molecule has 0 radical (unpaired) electrons. The van der Waals surface area contributed by atoms with Gasteiger partial charge in [-0.2, -0.15) is 0 Å². The van der Waals surface area contributed by atoms with Crippen molar-refractivity contribution in [3.05, 3.63) is 23.8 Å². The SMILES string of the molecule is CCC(CC)CN1C[C@@H]2C[C@H]3[C@]4(C)C[C@H](F)C5=CC(=O)C=C[C@]5(C)[C@@]4(F)[C@@H](O)C[C@]3(C)[C@]2(C(=O)CO)C1. The van der Waals surface area contributed by atoms with Crippen molar-refractivity contribution >= 4 is 11.6 Å². The molecule has 37 heavy (non-hydrogen) atoms. The first-order valence-electron chi connectivity index (χ1n) is 14.1. The molecule has 5 aliphatic rings. The average molecular weight is 520 g/mol. The molecule has 0 unspecified atom stereocenters. The summed E-state index contributed by atoms with van der Waals surface area (Å²) in [6.45, 7) is 11.2. The molecule has 0 spiro atoms. The fourth-order valence-electron chi connectivity index (χ4n) is 10.2. The molecule has 206 valence electrons. The molecule has 9 atom stereocenters. The number of fused-ring (bicyclic) bond motifs is 7. The Bertz CT molecular complexity index is 1060. The Balaban J connectivity index is 1.61. The Kier molecular flexibility index (Phi) is 6.26. The maximum Gasteiger partial charge on any atom is 0.178 e. The zero-order valence-electron chi connectivity index (χ0n) is 22.9. The van der Waals surface area contributed by atoms with Crippen LogP contribution in [-0.2, 0) is 9.59 Å². The van der Waals surface area contributed by atoms with Gasteiger partial charge < -0.3 is 15.1 Å². The molecule has 0 aromatic heterocycles. The molecule has 2 N–H and O–H groups in total. The summed E-state index contributed by atoms with van der Waals surface area (Å²) in [6, 6.07) is 0. The second-order valence-electron chi connectivity index (χ2n) is 13.4. The zero-order valence-corrected chi connectivity index (χ0v) is 22.9. The van der Waals surface area contributed by atoms with E-state index in [-0.39, 0.29) is 41.8 Å². The van der Waals surface area contributed by atoms with E-state index in [4.69, 9.17) is 0 Å². The highest BCUT2D eigenvalue weighted by atomic mass is 19.1. The molecule has 5 rings (SSSR count). The Morgan fingerprint density at radius 3 is 2.49 bits per heavy atom. The highest BCUT2D eigenvalue weighted by Gasteiger charge is 2.81. The van der Waals surface area contributed by atoms with E-state index in [1.165, 1.54) is 18.2 Å². The minimum atomic E-state index is -2.20. The molecular formula is C30H43F2NO4. The molecule has 0 amide bonds. The highest BCUT2D eigenvalue weighted by Crippen LogP contribution is 2.78. The predicted octanol–water partition coefficient (Wildman–Crippen LogP) is 4.22. The first-order valence-corrected chi connectivity index (χ1v) is 14.1. The molecule has 0 aromatic carbocycles. The van der Waals surface area contributed by atoms with E-state index in [0.717, 1.165) is 19.4 Å². The lowest BCUT2D eigenvalue weighted by molar-refractivity contribution is -0.254. The van der Waals surface area contributed by atoms with E-state index < -0.39 is 46.2 Å². The molecule has 1 aliphatic heterocycles. The van der Waals surface area contributed by atoms with Gasteiger partial charge in [-0.1, -0.05) is 46.6 Å². The van der Waals surface area contributed by atoms with E-state index in [0.29, 0.717) is 25.4 Å². The minimum absolute atomic E-state index is 0.0619. The van der Waals surface area contributed by atoms with Crippen molar-refractivity contribution in [2.45, 2.75) is 84.7 Å². The molecule has 0 bridgehead atoms. The number of carbonyl (C=O) groups excluding carboxylic acids is 2. The number of rotatable bonds is 6. The van der Waals surface area contributed by atoms with Crippen LogP contribution in [0.4, 0.5) is 8.78 Å². The predicted molar refractivity (Wildman–Crippen MR) is 137 cm³/mol. The van der Waals surface area contributed by atoms with Crippen LogP contribution in [0.1, 0.15) is 66.7 Å². The third-order valence-corrected chi connectivity index (χ3v) is 12.1. The molecule has 3 saturated carbocycles. The van der Waals surface area contributed by atoms with Crippen LogP contribution >= 0.6 is 0 Å². The Hall–Kier alpha value is -1.44. The summed E-state index contributed by atoms with van der Waals surface area (Å²) in [7, 11) is 0. The number of halogens is 2. The van der Waals surface area contributed by atoms with Gasteiger partial charge in [-0.25, -0.2) is 8.78 Å². The lowest BCUT2D eigenvalue weighted by atomic mass is 9.37. The van der Waals surface area contributed by atoms with Gasteiger partial charge in [-0.15, -0.1) is 0 Å². The number of aliphatic hydroxyl groups is 2. The summed E-state index contributed by atoms with van der Waals surface area (Å²) in [5.74, 6) is -0.536. The summed E-state index contributed by atoms with van der Waals surface area (Å²) in [5.41, 5.74) is -6.52. The van der Waals surface area contributed by atoms with Crippen LogP contribution in [0.25, 0.3) is 0 Å². The molecule has 1 saturated heterocycles. The first kappa shape index (κ1) is 27.1. The molecule has 5 nitrogen and oxygen atoms in total. The maximum atomic E-state index is 17.8. The number of ketones is 2. The number of likely N-dealkylation sites (tertiary alicyclic amines) is 1. The molecule has 7 heteroatoms. The summed E-state index contributed by atoms with van der Waals surface area (Å²) in [6.07, 6.45) is 3.56. The van der Waals surface area contributed by atoms with Gasteiger partial charge in [0.15, 0.2) is 17.2 Å². The number of nitrogens with zero attached hydrogens (tertiary/aromatic N) is 1. The van der Waals surface area contributed by atoms with Crippen molar-refractivity contribution in [1.82, 2.24) is 4.90 Å². The zero-order chi connectivity index (χ0) is 27.2. The van der Waals surface area contributed by atoms with Crippen molar-refractivity contribution < 1.29 is 28.6 Å². The largest absolute Gasteiger partial charge is 0.390 e. The van der Waals surface area contributed by atoms with Crippen LogP contribution in [0.15, 0.2) is 23.8 Å². The van der Waals surface area contributed by atoms with Crippen LogP contribution in [0.2, 0.25) is 0 Å². The third-order valence-electron chi connectivity index (χ3n) is 12.1. The quantitative estimate of drug-likeness (QED) is 0.550. The number of Topliss-reactive ketones (excluding diaryl/α,β-unsaturated/α-hetero) is 1. The number of alkyl halides is 2. The van der Waals surface area contributed by atoms with E-state index in [9.17, 15) is 19.8 Å². The molecule has 1 heterocycles. The maximum absolute atomic E-state index is 17.8. The topological polar surface area (TPSA) is 77.8 Å². The second-order valence-corrected chi connectivity index (χ2v) is 13.4. The molecule has 4 aliphatic carbocycles. The van der Waals surface area contributed by atoms with Crippen LogP contribution in [0.5, 0.6) is 0 Å². The van der Waals surface area contributed by atoms with Gasteiger partial charge in [0.1, 0.15) is 12.8 Å². The third kappa shape index (κ3) is 3.11. The van der Waals surface area contributed by atoms with Crippen molar-refractivity contribution in [2.75, 3.05) is 26.2 Å². The number of hydrogen-bond donors (Lipinski definition) is 2. The highest BCUT2D eigenvalue weighted by molar-refractivity contribution is 6.01. The van der Waals surface area contributed by atoms with Crippen LogP contribution < -0.4 is 0 Å². The summed E-state index contributed by atoms with van der Waals surface area (Å²) in [5, 5.41) is 21.9. The van der Waals surface area contributed by atoms with Crippen molar-refractivity contribution in [2.24, 2.45) is 39.4 Å². The van der Waals surface area contributed by atoms with Gasteiger partial charge in [0.2, 0.25) is 0 Å². The second kappa shape index (κ2) is 8.53. The van der Waals surface area contributed by atoms with Gasteiger partial charge in [0.25, 0.3) is 0 Å². The minimum Gasteiger partial charge on any atom is -0.390 e. The van der Waals surface area contributed by atoms with Crippen molar-refractivity contribution in [3.63, 3.8) is 0 Å². The van der Waals surface area contributed by atoms with Crippen LogP contribution in [0.3, 0.4) is 0 Å². The number of aliphatic hydroxyl groups excluding tert-OH is 2. The van der Waals surface area contributed by atoms with E-state index in [2.05, 4.69) is 18.7 Å². The number of allylic oxidation sites excluding steroid dienone is 4. The van der Waals surface area contributed by atoms with Gasteiger partial charge in [0, 0.05) is 30.5 Å². The van der Waals surface area contributed by atoms with Crippen molar-refractivity contribution in [1.29, 1.82) is 0 Å². The standard InChI is InChI=1S/C30H43F2NO4/c1-6-18(7-2)14-33-15-19-10-23-27(4,29(19,17-33)25(37)16-34)13-24(36)30(32)26(3)9-8-20(35)11-21(26)22(31)12-28(23,30)5/h8-9,11,18-19,22-24,34,36H,6-7,10,12-17H2,1-5H3/t19-,22-,23+,24-,26-,27-,28-,29+,30-/m0/s1. The van der Waals surface area contributed by atoms with Gasteiger partial charge in [-0.05, 0) is 67.1 Å². The van der Waals surface area contributed by atoms with E-state index >= 15 is 8.78 Å². The molecule has 0 aromatic rings. The monoisotopic (exact) mass is 519 g/mol. The molecule has 4 fully saturated rings. The normalized spacial score (nSPS) is 48.9. The lowest BCUT2D eigenvalue weighted by Gasteiger charge is -2.68. The number of carbonyl (C=O) groups is 2. The first-order chi connectivity index (χ1) is 17.3. The Labute approximate surface area is 219 Å². The van der Waals surface area contributed by atoms with Gasteiger partial charge >= 0.3 is 0 Å². The summed E-state index contributed by atoms with van der Waals surface area (Å²) in [4.78, 5) is 28.2. The Morgan fingerprint density at radius 2 is 1.86 bits per heavy atom. The van der Waals surface area contributed by atoms with Crippen LogP contribution in [0, 0.1) is 39.4 Å². The van der Waals surface area contributed by atoms with Gasteiger partial charge in [0.05, 0.1) is 11.5 Å². The number of hydrogen-bond acceptors (Lipinski definition) is 5. The fraction of sp³-hybridized carbons (Fsp3) is 0.800. The van der Waals surface area contributed by atoms with Gasteiger partial charge in [-0.3, -0.25) is 9.59 Å². The van der Waals surface area contributed by atoms with E-state index in [1.54, 1.807) is 13.8 Å². The Morgan fingerprint density at radius 1 is 1.19 bits per heavy atom. The molecular weight excluding hydrogens is 476 g/mol. The lowest BCUT2D eigenvalue weighted by Crippen LogP contribution is -2.74. The summed E-state index contributed by atoms with van der Waals surface area (Å²) < 4.78 is 33.7. The summed E-state index contributed by atoms with van der Waals surface area (Å²) >= 11 is 0. The van der Waals surface area contributed by atoms with Crippen molar-refractivity contribution in [3.8, 4) is 0 Å². The smallest absolute Gasteiger partial charge is 0.178 e. The van der Waals surface area contributed by atoms with Crippen LogP contribution in [-0.4, -0.2) is 70.9 Å².